The summed E-state index contributed by atoms with van der Waals surface area (Å²) in [5.74, 6) is 0.228. The van der Waals surface area contributed by atoms with E-state index in [0.29, 0.717) is 6.04 Å². The highest BCUT2D eigenvalue weighted by Crippen LogP contribution is 2.32. The van der Waals surface area contributed by atoms with Crippen LogP contribution in [0, 0.1) is 5.92 Å². The maximum Gasteiger partial charge on any atom is 0.267 e. The third-order valence-electron chi connectivity index (χ3n) is 4.22. The van der Waals surface area contributed by atoms with Crippen molar-refractivity contribution in [1.29, 1.82) is 0 Å². The van der Waals surface area contributed by atoms with Crippen LogP contribution in [-0.2, 0) is 4.79 Å². The number of nitrogens with zero attached hydrogens (tertiary/aromatic N) is 1. The number of hydroxylamine groups is 1. The van der Waals surface area contributed by atoms with Crippen molar-refractivity contribution in [1.82, 2.24) is 10.4 Å². The molecule has 0 radical (unpaired) electrons. The molecule has 120 valence electrons. The van der Waals surface area contributed by atoms with Crippen LogP contribution in [0.4, 0.5) is 0 Å². The summed E-state index contributed by atoms with van der Waals surface area (Å²) in [6.07, 6.45) is 6.74. The molecule has 1 atom stereocenters. The molecule has 0 spiro atoms. The van der Waals surface area contributed by atoms with Crippen LogP contribution < -0.4 is 5.48 Å². The molecular weight excluding hydrogens is 276 g/mol. The molecule has 0 bridgehead atoms. The lowest BCUT2D eigenvalue weighted by Gasteiger charge is -2.25. The second kappa shape index (κ2) is 8.11. The number of carbonyl (C=O) groups is 1. The van der Waals surface area contributed by atoms with Gasteiger partial charge in [0.2, 0.25) is 0 Å². The fourth-order valence-corrected chi connectivity index (χ4v) is 2.93. The number of benzene rings is 1. The van der Waals surface area contributed by atoms with Gasteiger partial charge in [-0.3, -0.25) is 14.9 Å². The first-order valence-electron chi connectivity index (χ1n) is 8.06. The number of hydrogen-bond donors (Lipinski definition) is 2. The van der Waals surface area contributed by atoms with Crippen molar-refractivity contribution in [2.24, 2.45) is 5.92 Å². The first kappa shape index (κ1) is 16.7. The first-order valence-corrected chi connectivity index (χ1v) is 8.06. The van der Waals surface area contributed by atoms with E-state index in [2.05, 4.69) is 30.9 Å². The fraction of sp³-hybridized carbons (Fsp3) is 0.500. The molecule has 0 aromatic heterocycles. The highest BCUT2D eigenvalue weighted by atomic mass is 16.5. The lowest BCUT2D eigenvalue weighted by molar-refractivity contribution is -0.124. The van der Waals surface area contributed by atoms with E-state index in [-0.39, 0.29) is 0 Å². The van der Waals surface area contributed by atoms with Gasteiger partial charge in [-0.05, 0) is 55.5 Å². The quantitative estimate of drug-likeness (QED) is 0.481. The van der Waals surface area contributed by atoms with Crippen molar-refractivity contribution >= 4 is 12.0 Å². The second-order valence-corrected chi connectivity index (χ2v) is 6.35. The summed E-state index contributed by atoms with van der Waals surface area (Å²) in [6.45, 7) is 6.90. The van der Waals surface area contributed by atoms with Gasteiger partial charge < -0.3 is 0 Å². The minimum atomic E-state index is -0.514. The van der Waals surface area contributed by atoms with Crippen LogP contribution in [0.3, 0.4) is 0 Å². The summed E-state index contributed by atoms with van der Waals surface area (Å²) >= 11 is 0. The van der Waals surface area contributed by atoms with Crippen LogP contribution in [-0.4, -0.2) is 29.1 Å². The van der Waals surface area contributed by atoms with Gasteiger partial charge in [0.15, 0.2) is 0 Å². The molecule has 22 heavy (non-hydrogen) atoms. The highest BCUT2D eigenvalue weighted by Gasteiger charge is 2.25. The fourth-order valence-electron chi connectivity index (χ4n) is 2.93. The van der Waals surface area contributed by atoms with Gasteiger partial charge in [0, 0.05) is 12.1 Å². The van der Waals surface area contributed by atoms with Crippen molar-refractivity contribution in [3.05, 3.63) is 41.5 Å². The molecule has 1 aliphatic rings. The van der Waals surface area contributed by atoms with Crippen LogP contribution in [0.25, 0.3) is 6.08 Å². The predicted octanol–water partition coefficient (Wildman–Crippen LogP) is 3.39. The summed E-state index contributed by atoms with van der Waals surface area (Å²) < 4.78 is 0. The molecule has 0 aliphatic carbocycles. The Kier molecular flexibility index (Phi) is 6.16. The summed E-state index contributed by atoms with van der Waals surface area (Å²) in [5.41, 5.74) is 3.90. The van der Waals surface area contributed by atoms with Crippen LogP contribution >= 0.6 is 0 Å². The number of rotatable bonds is 6. The number of amides is 1. The number of carbonyl (C=O) groups excluding carboxylic acids is 1. The molecule has 2 N–H and O–H groups in total. The van der Waals surface area contributed by atoms with Crippen molar-refractivity contribution in [2.75, 3.05) is 13.1 Å². The topological polar surface area (TPSA) is 52.6 Å². The van der Waals surface area contributed by atoms with Crippen LogP contribution in [0.15, 0.2) is 30.3 Å². The van der Waals surface area contributed by atoms with E-state index in [1.807, 2.05) is 12.1 Å². The van der Waals surface area contributed by atoms with Gasteiger partial charge in [0.05, 0.1) is 0 Å². The maximum absolute atomic E-state index is 11.0. The molecule has 1 fully saturated rings. The van der Waals surface area contributed by atoms with Crippen molar-refractivity contribution in [3.8, 4) is 0 Å². The molecule has 0 saturated carbocycles. The summed E-state index contributed by atoms with van der Waals surface area (Å²) in [4.78, 5) is 13.6. The monoisotopic (exact) mass is 302 g/mol. The lowest BCUT2D eigenvalue weighted by Crippen LogP contribution is -2.25. The van der Waals surface area contributed by atoms with Gasteiger partial charge in [-0.1, -0.05) is 38.1 Å². The third-order valence-corrected chi connectivity index (χ3v) is 4.22. The van der Waals surface area contributed by atoms with Crippen LogP contribution in [0.1, 0.15) is 50.3 Å². The van der Waals surface area contributed by atoms with E-state index in [4.69, 9.17) is 5.21 Å². The van der Waals surface area contributed by atoms with Gasteiger partial charge >= 0.3 is 0 Å². The van der Waals surface area contributed by atoms with Gasteiger partial charge in [-0.2, -0.15) is 0 Å². The molecular formula is C18H26N2O2. The SMILES string of the molecule is CC(C)CCN1CCCC1c1ccc(/C=C/C(=O)NO)cc1. The van der Waals surface area contributed by atoms with E-state index < -0.39 is 5.91 Å². The molecule has 1 aliphatic heterocycles. The van der Waals surface area contributed by atoms with Crippen molar-refractivity contribution < 1.29 is 10.0 Å². The van der Waals surface area contributed by atoms with Crippen LogP contribution in [0.5, 0.6) is 0 Å². The molecule has 1 unspecified atom stereocenters. The molecule has 4 nitrogen and oxygen atoms in total. The Morgan fingerprint density at radius 1 is 1.41 bits per heavy atom. The Morgan fingerprint density at radius 2 is 2.14 bits per heavy atom. The average molecular weight is 302 g/mol. The smallest absolute Gasteiger partial charge is 0.267 e. The summed E-state index contributed by atoms with van der Waals surface area (Å²) in [7, 11) is 0. The second-order valence-electron chi connectivity index (χ2n) is 6.35. The van der Waals surface area contributed by atoms with E-state index in [9.17, 15) is 4.79 Å². The van der Waals surface area contributed by atoms with Gasteiger partial charge in [-0.25, -0.2) is 5.48 Å². The molecule has 1 saturated heterocycles. The minimum absolute atomic E-state index is 0.514. The third kappa shape index (κ3) is 4.68. The number of hydrogen-bond acceptors (Lipinski definition) is 3. The Labute approximate surface area is 132 Å². The first-order chi connectivity index (χ1) is 10.6. The van der Waals surface area contributed by atoms with E-state index >= 15 is 0 Å². The largest absolute Gasteiger partial charge is 0.296 e. The molecule has 2 rings (SSSR count). The van der Waals surface area contributed by atoms with Crippen molar-refractivity contribution in [3.63, 3.8) is 0 Å². The zero-order chi connectivity index (χ0) is 15.9. The Hall–Kier alpha value is -1.65. The van der Waals surface area contributed by atoms with E-state index in [1.165, 1.54) is 44.0 Å². The molecule has 1 amide bonds. The zero-order valence-electron chi connectivity index (χ0n) is 13.5. The van der Waals surface area contributed by atoms with Gasteiger partial charge in [-0.15, -0.1) is 0 Å². The molecule has 1 heterocycles. The molecule has 4 heteroatoms. The summed E-state index contributed by atoms with van der Waals surface area (Å²) in [5, 5.41) is 8.46. The number of likely N-dealkylation sites (tertiary alicyclic amines) is 1. The Bertz CT molecular complexity index is 508. The molecule has 1 aromatic carbocycles. The Morgan fingerprint density at radius 3 is 2.77 bits per heavy atom. The standard InChI is InChI=1S/C18H26N2O2/c1-14(2)11-13-20-12-3-4-17(20)16-8-5-15(6-9-16)7-10-18(21)19-22/h5-10,14,17,22H,3-4,11-13H2,1-2H3,(H,19,21)/b10-7+. The van der Waals surface area contributed by atoms with Gasteiger partial charge in [0.1, 0.15) is 0 Å². The van der Waals surface area contributed by atoms with E-state index in [0.717, 1.165) is 11.5 Å². The minimum Gasteiger partial charge on any atom is -0.296 e. The van der Waals surface area contributed by atoms with E-state index in [1.54, 1.807) is 11.6 Å². The van der Waals surface area contributed by atoms with Crippen LogP contribution in [0.2, 0.25) is 0 Å². The lowest BCUT2D eigenvalue weighted by atomic mass is 10.0. The van der Waals surface area contributed by atoms with Gasteiger partial charge in [0.25, 0.3) is 5.91 Å². The normalized spacial score (nSPS) is 19.2. The highest BCUT2D eigenvalue weighted by molar-refractivity contribution is 5.90. The summed E-state index contributed by atoms with van der Waals surface area (Å²) in [6, 6.07) is 8.87. The number of nitrogens with one attached hydrogen (secondary N) is 1. The van der Waals surface area contributed by atoms with Crippen molar-refractivity contribution in [2.45, 2.75) is 39.2 Å². The predicted molar refractivity (Wildman–Crippen MR) is 88.4 cm³/mol. The molecule has 1 aromatic rings. The zero-order valence-corrected chi connectivity index (χ0v) is 13.5. The average Bonchev–Trinajstić information content (AvgIpc) is 2.99. The Balaban J connectivity index is 1.99. The maximum atomic E-state index is 11.0.